The lowest BCUT2D eigenvalue weighted by atomic mass is 10.2. The van der Waals surface area contributed by atoms with Gasteiger partial charge in [0.2, 0.25) is 0 Å². The van der Waals surface area contributed by atoms with Gasteiger partial charge < -0.3 is 9.30 Å². The minimum Gasteiger partial charge on any atom is -0.378 e. The van der Waals surface area contributed by atoms with Gasteiger partial charge in [0.05, 0.1) is 6.10 Å². The van der Waals surface area contributed by atoms with Crippen molar-refractivity contribution in [3.63, 3.8) is 0 Å². The third kappa shape index (κ3) is 2.20. The largest absolute Gasteiger partial charge is 0.378 e. The molecule has 0 saturated carbocycles. The number of aryl methyl sites for hydroxylation is 1. The van der Waals surface area contributed by atoms with Gasteiger partial charge in [0.15, 0.2) is 0 Å². The average Bonchev–Trinajstić information content (AvgIpc) is 2.94. The van der Waals surface area contributed by atoms with Crippen LogP contribution < -0.4 is 0 Å². The van der Waals surface area contributed by atoms with Gasteiger partial charge in [-0.1, -0.05) is 0 Å². The molecule has 17 heavy (non-hydrogen) atoms. The van der Waals surface area contributed by atoms with Gasteiger partial charge in [0.25, 0.3) is 0 Å². The molecule has 0 aliphatic carbocycles. The van der Waals surface area contributed by atoms with E-state index >= 15 is 0 Å². The predicted octanol–water partition coefficient (Wildman–Crippen LogP) is 3.35. The van der Waals surface area contributed by atoms with Crippen LogP contribution >= 0.6 is 0 Å². The van der Waals surface area contributed by atoms with Crippen molar-refractivity contribution >= 4 is 10.9 Å². The third-order valence-corrected chi connectivity index (χ3v) is 3.45. The van der Waals surface area contributed by atoms with Crippen molar-refractivity contribution in [3.05, 3.63) is 36.3 Å². The van der Waals surface area contributed by atoms with E-state index in [1.54, 1.807) is 6.07 Å². The fraction of sp³-hybridized carbons (Fsp3) is 0.429. The van der Waals surface area contributed by atoms with Crippen LogP contribution in [0, 0.1) is 5.82 Å². The topological polar surface area (TPSA) is 14.2 Å². The number of halogens is 1. The van der Waals surface area contributed by atoms with Crippen LogP contribution in [-0.2, 0) is 11.3 Å². The Morgan fingerprint density at radius 1 is 1.35 bits per heavy atom. The summed E-state index contributed by atoms with van der Waals surface area (Å²) in [7, 11) is 0. The second-order valence-corrected chi connectivity index (χ2v) is 4.64. The second-order valence-electron chi connectivity index (χ2n) is 4.64. The molecule has 0 spiro atoms. The number of rotatable bonds is 3. The molecule has 2 heterocycles. The van der Waals surface area contributed by atoms with Crippen molar-refractivity contribution in [3.8, 4) is 0 Å². The maximum absolute atomic E-state index is 13.0. The molecule has 90 valence electrons. The highest BCUT2D eigenvalue weighted by Gasteiger charge is 2.15. The van der Waals surface area contributed by atoms with E-state index in [0.717, 1.165) is 30.5 Å². The van der Waals surface area contributed by atoms with Crippen LogP contribution in [0.1, 0.15) is 19.3 Å². The summed E-state index contributed by atoms with van der Waals surface area (Å²) in [5.74, 6) is -0.172. The van der Waals surface area contributed by atoms with Gasteiger partial charge in [-0.2, -0.15) is 0 Å². The van der Waals surface area contributed by atoms with E-state index in [1.165, 1.54) is 18.9 Å². The number of benzene rings is 1. The maximum Gasteiger partial charge on any atom is 0.123 e. The van der Waals surface area contributed by atoms with E-state index in [9.17, 15) is 4.39 Å². The predicted molar refractivity (Wildman–Crippen MR) is 65.5 cm³/mol. The van der Waals surface area contributed by atoms with Crippen molar-refractivity contribution in [2.45, 2.75) is 31.9 Å². The smallest absolute Gasteiger partial charge is 0.123 e. The highest BCUT2D eigenvalue weighted by molar-refractivity contribution is 5.80. The van der Waals surface area contributed by atoms with Gasteiger partial charge in [-0.05, 0) is 43.5 Å². The quantitative estimate of drug-likeness (QED) is 0.793. The Bertz CT molecular complexity index is 514. The molecule has 0 bridgehead atoms. The van der Waals surface area contributed by atoms with Crippen LogP contribution in [0.2, 0.25) is 0 Å². The summed E-state index contributed by atoms with van der Waals surface area (Å²) < 4.78 is 20.8. The zero-order chi connectivity index (χ0) is 11.7. The van der Waals surface area contributed by atoms with E-state index in [1.807, 2.05) is 18.3 Å². The Morgan fingerprint density at radius 2 is 2.29 bits per heavy atom. The number of nitrogens with zero attached hydrogens (tertiary/aromatic N) is 1. The van der Waals surface area contributed by atoms with E-state index < -0.39 is 0 Å². The van der Waals surface area contributed by atoms with Gasteiger partial charge in [0, 0.05) is 30.3 Å². The summed E-state index contributed by atoms with van der Waals surface area (Å²) in [6, 6.07) is 6.91. The first-order valence-electron chi connectivity index (χ1n) is 6.19. The summed E-state index contributed by atoms with van der Waals surface area (Å²) in [4.78, 5) is 0. The number of ether oxygens (including phenoxy) is 1. The first-order chi connectivity index (χ1) is 8.33. The first kappa shape index (κ1) is 10.8. The maximum atomic E-state index is 13.0. The van der Waals surface area contributed by atoms with Crippen molar-refractivity contribution in [2.24, 2.45) is 0 Å². The minimum absolute atomic E-state index is 0.172. The molecular formula is C14H16FNO. The van der Waals surface area contributed by atoms with Crippen molar-refractivity contribution in [1.82, 2.24) is 4.57 Å². The Kier molecular flexibility index (Phi) is 2.85. The molecule has 1 aliphatic heterocycles. The van der Waals surface area contributed by atoms with Crippen molar-refractivity contribution in [1.29, 1.82) is 0 Å². The third-order valence-electron chi connectivity index (χ3n) is 3.45. The van der Waals surface area contributed by atoms with Gasteiger partial charge in [-0.15, -0.1) is 0 Å². The summed E-state index contributed by atoms with van der Waals surface area (Å²) >= 11 is 0. The molecule has 1 unspecified atom stereocenters. The Balaban J connectivity index is 1.76. The monoisotopic (exact) mass is 233 g/mol. The molecule has 1 atom stereocenters. The number of fused-ring (bicyclic) bond motifs is 1. The summed E-state index contributed by atoms with van der Waals surface area (Å²) in [5.41, 5.74) is 1.10. The Morgan fingerprint density at radius 3 is 3.12 bits per heavy atom. The molecule has 1 saturated heterocycles. The lowest BCUT2D eigenvalue weighted by Crippen LogP contribution is -2.09. The lowest BCUT2D eigenvalue weighted by Gasteiger charge is -2.10. The SMILES string of the molecule is Fc1ccc2c(ccn2CCC2CCCO2)c1. The van der Waals surface area contributed by atoms with Crippen LogP contribution in [0.15, 0.2) is 30.5 Å². The van der Waals surface area contributed by atoms with Crippen LogP contribution in [0.25, 0.3) is 10.9 Å². The second kappa shape index (κ2) is 4.49. The fourth-order valence-corrected chi connectivity index (χ4v) is 2.52. The highest BCUT2D eigenvalue weighted by atomic mass is 19.1. The molecule has 2 aromatic rings. The Hall–Kier alpha value is -1.35. The minimum atomic E-state index is -0.172. The van der Waals surface area contributed by atoms with E-state index in [4.69, 9.17) is 4.74 Å². The molecule has 1 aromatic heterocycles. The molecule has 3 rings (SSSR count). The molecule has 0 amide bonds. The first-order valence-corrected chi connectivity index (χ1v) is 6.19. The van der Waals surface area contributed by atoms with E-state index in [2.05, 4.69) is 4.57 Å². The molecular weight excluding hydrogens is 217 g/mol. The van der Waals surface area contributed by atoms with Crippen molar-refractivity contribution < 1.29 is 9.13 Å². The van der Waals surface area contributed by atoms with Gasteiger partial charge in [-0.25, -0.2) is 4.39 Å². The molecule has 2 nitrogen and oxygen atoms in total. The highest BCUT2D eigenvalue weighted by Crippen LogP contribution is 2.20. The molecule has 0 radical (unpaired) electrons. The summed E-state index contributed by atoms with van der Waals surface area (Å²) in [6.07, 6.45) is 5.84. The number of aromatic nitrogens is 1. The van der Waals surface area contributed by atoms with Crippen molar-refractivity contribution in [2.75, 3.05) is 6.61 Å². The zero-order valence-corrected chi connectivity index (χ0v) is 9.73. The summed E-state index contributed by atoms with van der Waals surface area (Å²) in [5, 5.41) is 0.970. The summed E-state index contributed by atoms with van der Waals surface area (Å²) in [6.45, 7) is 1.85. The van der Waals surface area contributed by atoms with Crippen LogP contribution in [0.5, 0.6) is 0 Å². The molecule has 1 aliphatic rings. The van der Waals surface area contributed by atoms with E-state index in [-0.39, 0.29) is 5.82 Å². The van der Waals surface area contributed by atoms with Gasteiger partial charge in [0.1, 0.15) is 5.82 Å². The van der Waals surface area contributed by atoms with Crippen LogP contribution in [-0.4, -0.2) is 17.3 Å². The van der Waals surface area contributed by atoms with Crippen LogP contribution in [0.4, 0.5) is 4.39 Å². The van der Waals surface area contributed by atoms with Crippen LogP contribution in [0.3, 0.4) is 0 Å². The lowest BCUT2D eigenvalue weighted by molar-refractivity contribution is 0.101. The average molecular weight is 233 g/mol. The van der Waals surface area contributed by atoms with Gasteiger partial charge >= 0.3 is 0 Å². The molecule has 1 aromatic carbocycles. The standard InChI is InChI=1S/C14H16FNO/c15-12-3-4-14-11(10-12)5-7-16(14)8-6-13-2-1-9-17-13/h3-5,7,10,13H,1-2,6,8-9H2. The zero-order valence-electron chi connectivity index (χ0n) is 9.73. The Labute approximate surface area is 100.0 Å². The fourth-order valence-electron chi connectivity index (χ4n) is 2.52. The number of hydrogen-bond donors (Lipinski definition) is 0. The molecule has 0 N–H and O–H groups in total. The van der Waals surface area contributed by atoms with E-state index in [0.29, 0.717) is 6.10 Å². The van der Waals surface area contributed by atoms with Gasteiger partial charge in [-0.3, -0.25) is 0 Å². The number of hydrogen-bond acceptors (Lipinski definition) is 1. The normalized spacial score (nSPS) is 20.2. The molecule has 3 heteroatoms. The molecule has 1 fully saturated rings.